The third kappa shape index (κ3) is 3.06. The minimum absolute atomic E-state index is 0.0345. The first-order valence-electron chi connectivity index (χ1n) is 5.59. The quantitative estimate of drug-likeness (QED) is 0.634. The summed E-state index contributed by atoms with van der Waals surface area (Å²) in [5.41, 5.74) is 0. The zero-order valence-corrected chi connectivity index (χ0v) is 9.66. The fraction of sp³-hybridized carbons (Fsp3) is 0.636. The van der Waals surface area contributed by atoms with E-state index in [9.17, 15) is 9.59 Å². The highest BCUT2D eigenvalue weighted by Crippen LogP contribution is 2.06. The van der Waals surface area contributed by atoms with E-state index in [4.69, 9.17) is 0 Å². The van der Waals surface area contributed by atoms with Gasteiger partial charge in [0.25, 0.3) is 0 Å². The van der Waals surface area contributed by atoms with Gasteiger partial charge in [0.2, 0.25) is 11.8 Å². The van der Waals surface area contributed by atoms with Crippen LogP contribution in [0.5, 0.6) is 0 Å². The van der Waals surface area contributed by atoms with E-state index in [1.807, 2.05) is 6.92 Å². The molecular formula is C11H19N3O2. The molecule has 0 saturated carbocycles. The Morgan fingerprint density at radius 2 is 2.38 bits per heavy atom. The summed E-state index contributed by atoms with van der Waals surface area (Å²) in [6, 6.07) is -0.388. The van der Waals surface area contributed by atoms with Gasteiger partial charge in [0.05, 0.1) is 0 Å². The molecule has 2 amide bonds. The summed E-state index contributed by atoms with van der Waals surface area (Å²) in [4.78, 5) is 25.1. The second-order valence-corrected chi connectivity index (χ2v) is 3.69. The van der Waals surface area contributed by atoms with Gasteiger partial charge in [-0.1, -0.05) is 6.08 Å². The molecule has 90 valence electrons. The molecular weight excluding hydrogens is 206 g/mol. The minimum atomic E-state index is -0.388. The van der Waals surface area contributed by atoms with Gasteiger partial charge in [0, 0.05) is 32.6 Å². The predicted molar refractivity (Wildman–Crippen MR) is 61.9 cm³/mol. The topological polar surface area (TPSA) is 61.4 Å². The van der Waals surface area contributed by atoms with E-state index in [0.29, 0.717) is 19.6 Å². The lowest BCUT2D eigenvalue weighted by Gasteiger charge is -2.35. The minimum Gasteiger partial charge on any atom is -0.355 e. The van der Waals surface area contributed by atoms with Crippen LogP contribution in [0, 0.1) is 0 Å². The summed E-state index contributed by atoms with van der Waals surface area (Å²) >= 11 is 0. The lowest BCUT2D eigenvalue weighted by atomic mass is 10.1. The number of likely N-dealkylation sites (N-methyl/N-ethyl adjacent to an activating group) is 1. The van der Waals surface area contributed by atoms with Crippen molar-refractivity contribution in [1.82, 2.24) is 15.5 Å². The molecule has 0 aromatic rings. The third-order valence-corrected chi connectivity index (χ3v) is 2.54. The number of piperazine rings is 1. The van der Waals surface area contributed by atoms with E-state index >= 15 is 0 Å². The Balaban J connectivity index is 2.66. The summed E-state index contributed by atoms with van der Waals surface area (Å²) in [6.07, 6.45) is 1.86. The largest absolute Gasteiger partial charge is 0.355 e. The Morgan fingerprint density at radius 1 is 1.62 bits per heavy atom. The van der Waals surface area contributed by atoms with Crippen LogP contribution >= 0.6 is 0 Å². The van der Waals surface area contributed by atoms with Crippen molar-refractivity contribution in [3.63, 3.8) is 0 Å². The molecule has 0 aliphatic carbocycles. The Kier molecular flexibility index (Phi) is 4.98. The number of nitrogens with zero attached hydrogens (tertiary/aromatic N) is 1. The molecule has 2 N–H and O–H groups in total. The smallest absolute Gasteiger partial charge is 0.244 e. The lowest BCUT2D eigenvalue weighted by molar-refractivity contribution is -0.140. The van der Waals surface area contributed by atoms with Gasteiger partial charge in [-0.15, -0.1) is 6.58 Å². The number of carbonyl (C=O) groups is 2. The van der Waals surface area contributed by atoms with Crippen LogP contribution in [0.4, 0.5) is 0 Å². The molecule has 1 rings (SSSR count). The average Bonchev–Trinajstić information content (AvgIpc) is 2.30. The second-order valence-electron chi connectivity index (χ2n) is 3.69. The zero-order chi connectivity index (χ0) is 12.0. The van der Waals surface area contributed by atoms with Crippen LogP contribution in [-0.2, 0) is 9.59 Å². The van der Waals surface area contributed by atoms with Gasteiger partial charge in [0.15, 0.2) is 0 Å². The van der Waals surface area contributed by atoms with Gasteiger partial charge in [-0.2, -0.15) is 0 Å². The van der Waals surface area contributed by atoms with Gasteiger partial charge < -0.3 is 15.5 Å². The van der Waals surface area contributed by atoms with Crippen molar-refractivity contribution in [2.24, 2.45) is 0 Å². The molecule has 0 bridgehead atoms. The number of amides is 2. The summed E-state index contributed by atoms with van der Waals surface area (Å²) < 4.78 is 0. The zero-order valence-electron chi connectivity index (χ0n) is 9.66. The highest BCUT2D eigenvalue weighted by molar-refractivity contribution is 5.88. The number of hydrogen-bond acceptors (Lipinski definition) is 3. The highest BCUT2D eigenvalue weighted by Gasteiger charge is 2.30. The second kappa shape index (κ2) is 6.27. The van der Waals surface area contributed by atoms with Gasteiger partial charge in [0.1, 0.15) is 6.04 Å². The van der Waals surface area contributed by atoms with E-state index in [0.717, 1.165) is 6.54 Å². The third-order valence-electron chi connectivity index (χ3n) is 2.54. The molecule has 1 unspecified atom stereocenters. The van der Waals surface area contributed by atoms with Gasteiger partial charge in [-0.05, 0) is 6.92 Å². The molecule has 0 spiro atoms. The molecule has 16 heavy (non-hydrogen) atoms. The van der Waals surface area contributed by atoms with Crippen molar-refractivity contribution in [1.29, 1.82) is 0 Å². The molecule has 1 fully saturated rings. The molecule has 5 nitrogen and oxygen atoms in total. The maximum atomic E-state index is 11.8. The summed E-state index contributed by atoms with van der Waals surface area (Å²) in [7, 11) is 0. The molecule has 1 saturated heterocycles. The molecule has 0 aromatic carbocycles. The van der Waals surface area contributed by atoms with E-state index in [1.54, 1.807) is 11.0 Å². The van der Waals surface area contributed by atoms with Crippen LogP contribution in [-0.4, -0.2) is 48.9 Å². The van der Waals surface area contributed by atoms with Crippen LogP contribution < -0.4 is 10.6 Å². The van der Waals surface area contributed by atoms with Crippen molar-refractivity contribution in [3.8, 4) is 0 Å². The first-order chi connectivity index (χ1) is 7.70. The predicted octanol–water partition coefficient (Wildman–Crippen LogP) is -0.501. The molecule has 1 atom stereocenters. The fourth-order valence-electron chi connectivity index (χ4n) is 1.77. The summed E-state index contributed by atoms with van der Waals surface area (Å²) in [5, 5.41) is 5.86. The summed E-state index contributed by atoms with van der Waals surface area (Å²) in [5.74, 6) is -0.125. The van der Waals surface area contributed by atoms with Crippen molar-refractivity contribution in [2.45, 2.75) is 19.4 Å². The first kappa shape index (κ1) is 12.7. The first-order valence-corrected chi connectivity index (χ1v) is 5.59. The molecule has 0 radical (unpaired) electrons. The number of hydrogen-bond donors (Lipinski definition) is 2. The monoisotopic (exact) mass is 225 g/mol. The van der Waals surface area contributed by atoms with Crippen LogP contribution in [0.2, 0.25) is 0 Å². The normalized spacial score (nSPS) is 20.3. The maximum absolute atomic E-state index is 11.8. The SMILES string of the molecule is C=CCC(=O)N1CCNCC1C(=O)NCC. The molecule has 1 aliphatic rings. The van der Waals surface area contributed by atoms with E-state index in [2.05, 4.69) is 17.2 Å². The molecule has 0 aromatic heterocycles. The number of carbonyl (C=O) groups excluding carboxylic acids is 2. The van der Waals surface area contributed by atoms with E-state index < -0.39 is 0 Å². The Bertz CT molecular complexity index is 278. The lowest BCUT2D eigenvalue weighted by Crippen LogP contribution is -2.59. The van der Waals surface area contributed by atoms with Crippen molar-refractivity contribution < 1.29 is 9.59 Å². The van der Waals surface area contributed by atoms with Crippen molar-refractivity contribution >= 4 is 11.8 Å². The summed E-state index contributed by atoms with van der Waals surface area (Å²) in [6.45, 7) is 7.82. The van der Waals surface area contributed by atoms with E-state index in [1.165, 1.54) is 0 Å². The van der Waals surface area contributed by atoms with Crippen LogP contribution in [0.25, 0.3) is 0 Å². The van der Waals surface area contributed by atoms with Gasteiger partial charge in [-0.25, -0.2) is 0 Å². The maximum Gasteiger partial charge on any atom is 0.244 e. The van der Waals surface area contributed by atoms with E-state index in [-0.39, 0.29) is 24.3 Å². The van der Waals surface area contributed by atoms with Crippen molar-refractivity contribution in [3.05, 3.63) is 12.7 Å². The van der Waals surface area contributed by atoms with Crippen LogP contribution in [0.1, 0.15) is 13.3 Å². The van der Waals surface area contributed by atoms with Gasteiger partial charge in [-0.3, -0.25) is 9.59 Å². The standard InChI is InChI=1S/C11H19N3O2/c1-3-5-10(15)14-7-6-12-8-9(14)11(16)13-4-2/h3,9,12H,1,4-8H2,2H3,(H,13,16). The highest BCUT2D eigenvalue weighted by atomic mass is 16.2. The average molecular weight is 225 g/mol. The van der Waals surface area contributed by atoms with Gasteiger partial charge >= 0.3 is 0 Å². The van der Waals surface area contributed by atoms with Crippen LogP contribution in [0.15, 0.2) is 12.7 Å². The molecule has 1 aliphatic heterocycles. The number of rotatable bonds is 4. The fourth-order valence-corrected chi connectivity index (χ4v) is 1.77. The number of nitrogens with one attached hydrogen (secondary N) is 2. The van der Waals surface area contributed by atoms with Crippen molar-refractivity contribution in [2.75, 3.05) is 26.2 Å². The Morgan fingerprint density at radius 3 is 3.00 bits per heavy atom. The van der Waals surface area contributed by atoms with Crippen LogP contribution in [0.3, 0.4) is 0 Å². The Hall–Kier alpha value is -1.36. The molecule has 1 heterocycles. The Labute approximate surface area is 95.9 Å². The molecule has 5 heteroatoms.